The van der Waals surface area contributed by atoms with E-state index in [0.717, 1.165) is 6.07 Å². The molecule has 34 heavy (non-hydrogen) atoms. The van der Waals surface area contributed by atoms with Crippen LogP contribution in [0.2, 0.25) is 0 Å². The van der Waals surface area contributed by atoms with Gasteiger partial charge in [-0.1, -0.05) is 18.2 Å². The monoisotopic (exact) mass is 479 g/mol. The van der Waals surface area contributed by atoms with E-state index in [4.69, 9.17) is 4.74 Å². The number of hydrogen-bond acceptors (Lipinski definition) is 8. The SMILES string of the molecule is CCOc1ccc(Nc2nc3ccccc3nc2NS(=O)(=O)c2cc([N+](=O)[O-])ccc2C)cc1. The highest BCUT2D eigenvalue weighted by Gasteiger charge is 2.23. The fourth-order valence-corrected chi connectivity index (χ4v) is 4.54. The van der Waals surface area contributed by atoms with Crippen LogP contribution in [0.3, 0.4) is 0 Å². The summed E-state index contributed by atoms with van der Waals surface area (Å²) in [5, 5.41) is 14.3. The number of rotatable bonds is 8. The van der Waals surface area contributed by atoms with Crippen molar-refractivity contribution in [2.45, 2.75) is 18.7 Å². The average molecular weight is 480 g/mol. The van der Waals surface area contributed by atoms with Crippen LogP contribution in [0.4, 0.5) is 23.0 Å². The van der Waals surface area contributed by atoms with E-state index in [2.05, 4.69) is 20.0 Å². The van der Waals surface area contributed by atoms with Crippen LogP contribution in [-0.2, 0) is 10.0 Å². The maximum Gasteiger partial charge on any atom is 0.270 e. The number of para-hydroxylation sites is 2. The first kappa shape index (κ1) is 22.9. The second-order valence-corrected chi connectivity index (χ2v) is 8.96. The van der Waals surface area contributed by atoms with Crippen LogP contribution < -0.4 is 14.8 Å². The van der Waals surface area contributed by atoms with Crippen LogP contribution in [0.5, 0.6) is 5.75 Å². The number of hydrogen-bond donors (Lipinski definition) is 2. The largest absolute Gasteiger partial charge is 0.494 e. The number of ether oxygens (including phenoxy) is 1. The van der Waals surface area contributed by atoms with Crippen molar-refractivity contribution in [2.24, 2.45) is 0 Å². The van der Waals surface area contributed by atoms with Gasteiger partial charge in [0, 0.05) is 17.8 Å². The van der Waals surface area contributed by atoms with E-state index in [9.17, 15) is 18.5 Å². The molecule has 0 aliphatic rings. The molecule has 1 heterocycles. The zero-order valence-electron chi connectivity index (χ0n) is 18.3. The number of nitro groups is 1. The molecule has 0 fully saturated rings. The van der Waals surface area contributed by atoms with Crippen LogP contribution in [0.15, 0.2) is 71.6 Å². The molecular formula is C23H21N5O5S. The van der Waals surface area contributed by atoms with E-state index in [1.807, 2.05) is 6.92 Å². The van der Waals surface area contributed by atoms with Crippen molar-refractivity contribution in [1.82, 2.24) is 9.97 Å². The predicted molar refractivity (Wildman–Crippen MR) is 129 cm³/mol. The van der Waals surface area contributed by atoms with Crippen LogP contribution >= 0.6 is 0 Å². The van der Waals surface area contributed by atoms with E-state index < -0.39 is 14.9 Å². The second kappa shape index (κ2) is 9.32. The van der Waals surface area contributed by atoms with Crippen LogP contribution in [0.1, 0.15) is 12.5 Å². The van der Waals surface area contributed by atoms with E-state index in [1.54, 1.807) is 55.5 Å². The van der Waals surface area contributed by atoms with E-state index in [1.165, 1.54) is 12.1 Å². The smallest absolute Gasteiger partial charge is 0.270 e. The summed E-state index contributed by atoms with van der Waals surface area (Å²) in [6.45, 7) is 3.98. The van der Waals surface area contributed by atoms with Gasteiger partial charge >= 0.3 is 0 Å². The number of anilines is 3. The number of aryl methyl sites for hydroxylation is 1. The van der Waals surface area contributed by atoms with Gasteiger partial charge in [-0.25, -0.2) is 18.4 Å². The van der Waals surface area contributed by atoms with Crippen molar-refractivity contribution in [1.29, 1.82) is 0 Å². The van der Waals surface area contributed by atoms with Crippen molar-refractivity contribution in [3.63, 3.8) is 0 Å². The number of nitrogens with zero attached hydrogens (tertiary/aromatic N) is 3. The molecule has 11 heteroatoms. The molecule has 4 aromatic rings. The Hall–Kier alpha value is -4.25. The zero-order chi connectivity index (χ0) is 24.3. The Morgan fingerprint density at radius 1 is 0.971 bits per heavy atom. The number of non-ortho nitro benzene ring substituents is 1. The van der Waals surface area contributed by atoms with Crippen molar-refractivity contribution in [3.05, 3.63) is 82.4 Å². The third-order valence-corrected chi connectivity index (χ3v) is 6.38. The minimum absolute atomic E-state index is 0.0431. The summed E-state index contributed by atoms with van der Waals surface area (Å²) < 4.78 is 34.3. The molecule has 3 aromatic carbocycles. The van der Waals surface area contributed by atoms with Crippen molar-refractivity contribution < 1.29 is 18.1 Å². The highest BCUT2D eigenvalue weighted by Crippen LogP contribution is 2.29. The maximum absolute atomic E-state index is 13.2. The standard InChI is InChI=1S/C23H21N5O5S/c1-3-33-18-12-9-16(10-13-18)24-22-23(26-20-7-5-4-6-19(20)25-22)27-34(31,32)21-14-17(28(29)30)11-8-15(21)2/h4-14H,3H2,1-2H3,(H,24,25)(H,26,27). The summed E-state index contributed by atoms with van der Waals surface area (Å²) in [5.74, 6) is 0.827. The van der Waals surface area contributed by atoms with Gasteiger partial charge in [-0.2, -0.15) is 0 Å². The molecule has 0 unspecified atom stereocenters. The summed E-state index contributed by atoms with van der Waals surface area (Å²) in [6, 6.07) is 17.8. The highest BCUT2D eigenvalue weighted by molar-refractivity contribution is 7.92. The number of nitrogens with one attached hydrogen (secondary N) is 2. The van der Waals surface area contributed by atoms with E-state index >= 15 is 0 Å². The quantitative estimate of drug-likeness (QED) is 0.272. The molecule has 0 saturated carbocycles. The van der Waals surface area contributed by atoms with Crippen molar-refractivity contribution in [2.75, 3.05) is 16.6 Å². The molecule has 0 atom stereocenters. The summed E-state index contributed by atoms with van der Waals surface area (Å²) in [6.07, 6.45) is 0. The summed E-state index contributed by atoms with van der Waals surface area (Å²) in [4.78, 5) is 19.3. The lowest BCUT2D eigenvalue weighted by molar-refractivity contribution is -0.385. The maximum atomic E-state index is 13.2. The molecule has 174 valence electrons. The molecule has 0 radical (unpaired) electrons. The van der Waals surface area contributed by atoms with Gasteiger partial charge in [-0.05, 0) is 55.8 Å². The van der Waals surface area contributed by atoms with Crippen LogP contribution in [0.25, 0.3) is 11.0 Å². The molecule has 10 nitrogen and oxygen atoms in total. The van der Waals surface area contributed by atoms with Gasteiger partial charge in [0.2, 0.25) is 0 Å². The molecule has 0 bridgehead atoms. The fourth-order valence-electron chi connectivity index (χ4n) is 3.27. The van der Waals surface area contributed by atoms with Gasteiger partial charge in [0.15, 0.2) is 11.6 Å². The number of sulfonamides is 1. The van der Waals surface area contributed by atoms with Gasteiger partial charge in [0.25, 0.3) is 15.7 Å². The summed E-state index contributed by atoms with van der Waals surface area (Å²) >= 11 is 0. The number of benzene rings is 3. The van der Waals surface area contributed by atoms with E-state index in [0.29, 0.717) is 34.6 Å². The fraction of sp³-hybridized carbons (Fsp3) is 0.130. The van der Waals surface area contributed by atoms with Gasteiger partial charge < -0.3 is 10.1 Å². The molecule has 0 aliphatic heterocycles. The molecule has 0 saturated heterocycles. The Labute approximate surface area is 195 Å². The molecule has 0 spiro atoms. The van der Waals surface area contributed by atoms with Crippen molar-refractivity contribution in [3.8, 4) is 5.75 Å². The Morgan fingerprint density at radius 3 is 2.24 bits per heavy atom. The van der Waals surface area contributed by atoms with Crippen LogP contribution in [0, 0.1) is 17.0 Å². The first-order valence-electron chi connectivity index (χ1n) is 10.3. The lowest BCUT2D eigenvalue weighted by Crippen LogP contribution is -2.17. The molecule has 0 amide bonds. The first-order chi connectivity index (χ1) is 16.3. The van der Waals surface area contributed by atoms with Crippen LogP contribution in [-0.4, -0.2) is 29.9 Å². The second-order valence-electron chi connectivity index (χ2n) is 7.30. The Bertz CT molecular complexity index is 1470. The third-order valence-electron chi connectivity index (χ3n) is 4.90. The normalized spacial score (nSPS) is 11.2. The van der Waals surface area contributed by atoms with Gasteiger partial charge in [0.05, 0.1) is 27.5 Å². The lowest BCUT2D eigenvalue weighted by atomic mass is 10.2. The van der Waals surface area contributed by atoms with Crippen molar-refractivity contribution >= 4 is 44.1 Å². The predicted octanol–water partition coefficient (Wildman–Crippen LogP) is 4.79. The molecule has 1 aromatic heterocycles. The molecule has 0 aliphatic carbocycles. The van der Waals surface area contributed by atoms with Gasteiger partial charge in [0.1, 0.15) is 5.75 Å². The molecule has 2 N–H and O–H groups in total. The zero-order valence-corrected chi connectivity index (χ0v) is 19.2. The molecule has 4 rings (SSSR count). The highest BCUT2D eigenvalue weighted by atomic mass is 32.2. The number of aromatic nitrogens is 2. The van der Waals surface area contributed by atoms with Gasteiger partial charge in [-0.3, -0.25) is 14.8 Å². The summed E-state index contributed by atoms with van der Waals surface area (Å²) in [7, 11) is -4.21. The Morgan fingerprint density at radius 2 is 1.62 bits per heavy atom. The average Bonchev–Trinajstić information content (AvgIpc) is 2.80. The molecular weight excluding hydrogens is 458 g/mol. The lowest BCUT2D eigenvalue weighted by Gasteiger charge is -2.15. The minimum Gasteiger partial charge on any atom is -0.494 e. The topological polar surface area (TPSA) is 136 Å². The number of nitro benzene ring substituents is 1. The minimum atomic E-state index is -4.21. The van der Waals surface area contributed by atoms with Gasteiger partial charge in [-0.15, -0.1) is 0 Å². The first-order valence-corrected chi connectivity index (χ1v) is 11.8. The third kappa shape index (κ3) is 4.89. The van der Waals surface area contributed by atoms with E-state index in [-0.39, 0.29) is 22.2 Å². The number of fused-ring (bicyclic) bond motifs is 1. The Kier molecular flexibility index (Phi) is 6.28. The Balaban J connectivity index is 1.75. The summed E-state index contributed by atoms with van der Waals surface area (Å²) in [5.41, 5.74) is 1.70.